The summed E-state index contributed by atoms with van der Waals surface area (Å²) >= 11 is 0. The lowest BCUT2D eigenvalue weighted by atomic mass is 10.1. The molecule has 1 fully saturated rings. The molecule has 0 bridgehead atoms. The lowest BCUT2D eigenvalue weighted by Crippen LogP contribution is -2.42. The van der Waals surface area contributed by atoms with Gasteiger partial charge in [-0.2, -0.15) is 0 Å². The SMILES string of the molecule is C[C@@H](CN(Cc1ccccc1)C(=O)[C@H]1CCCO1)C(=O)O. The Labute approximate surface area is 124 Å². The molecule has 2 atom stereocenters. The number of nitrogens with zero attached hydrogens (tertiary/aromatic N) is 1. The fraction of sp³-hybridized carbons (Fsp3) is 0.500. The Bertz CT molecular complexity index is 482. The van der Waals surface area contributed by atoms with Crippen LogP contribution in [0, 0.1) is 5.92 Å². The number of ether oxygens (including phenoxy) is 1. The largest absolute Gasteiger partial charge is 0.481 e. The summed E-state index contributed by atoms with van der Waals surface area (Å²) in [4.78, 5) is 25.2. The van der Waals surface area contributed by atoms with Crippen LogP contribution in [0.1, 0.15) is 25.3 Å². The van der Waals surface area contributed by atoms with Gasteiger partial charge >= 0.3 is 5.97 Å². The van der Waals surface area contributed by atoms with Crippen LogP contribution >= 0.6 is 0 Å². The van der Waals surface area contributed by atoms with Gasteiger partial charge in [-0.3, -0.25) is 9.59 Å². The van der Waals surface area contributed by atoms with Crippen molar-refractivity contribution in [1.29, 1.82) is 0 Å². The molecule has 0 unspecified atom stereocenters. The van der Waals surface area contributed by atoms with E-state index < -0.39 is 18.0 Å². The highest BCUT2D eigenvalue weighted by Gasteiger charge is 2.30. The lowest BCUT2D eigenvalue weighted by Gasteiger charge is -2.27. The first-order valence-corrected chi connectivity index (χ1v) is 7.25. The third-order valence-electron chi connectivity index (χ3n) is 3.65. The molecule has 1 aromatic rings. The normalized spacial score (nSPS) is 19.2. The minimum absolute atomic E-state index is 0.107. The molecule has 0 aliphatic carbocycles. The second-order valence-corrected chi connectivity index (χ2v) is 5.45. The summed E-state index contributed by atoms with van der Waals surface area (Å²) in [5, 5.41) is 9.07. The number of amides is 1. The van der Waals surface area contributed by atoms with E-state index >= 15 is 0 Å². The summed E-state index contributed by atoms with van der Waals surface area (Å²) in [6.07, 6.45) is 1.17. The molecule has 21 heavy (non-hydrogen) atoms. The van der Waals surface area contributed by atoms with Crippen LogP contribution in [0.15, 0.2) is 30.3 Å². The molecule has 5 heteroatoms. The second-order valence-electron chi connectivity index (χ2n) is 5.45. The van der Waals surface area contributed by atoms with E-state index in [1.807, 2.05) is 30.3 Å². The van der Waals surface area contributed by atoms with Crippen molar-refractivity contribution in [2.45, 2.75) is 32.4 Å². The van der Waals surface area contributed by atoms with E-state index in [-0.39, 0.29) is 12.5 Å². The van der Waals surface area contributed by atoms with Gasteiger partial charge in [0.05, 0.1) is 5.92 Å². The molecule has 0 aromatic heterocycles. The van der Waals surface area contributed by atoms with Crippen molar-refractivity contribution >= 4 is 11.9 Å². The van der Waals surface area contributed by atoms with Crippen LogP contribution in [0.25, 0.3) is 0 Å². The topological polar surface area (TPSA) is 66.8 Å². The fourth-order valence-electron chi connectivity index (χ4n) is 2.42. The van der Waals surface area contributed by atoms with Crippen molar-refractivity contribution in [3.63, 3.8) is 0 Å². The molecule has 114 valence electrons. The highest BCUT2D eigenvalue weighted by Crippen LogP contribution is 2.17. The van der Waals surface area contributed by atoms with Crippen molar-refractivity contribution in [1.82, 2.24) is 4.90 Å². The Morgan fingerprint density at radius 2 is 2.10 bits per heavy atom. The van der Waals surface area contributed by atoms with E-state index in [0.29, 0.717) is 19.6 Å². The molecule has 5 nitrogen and oxygen atoms in total. The maximum absolute atomic E-state index is 12.5. The zero-order chi connectivity index (χ0) is 15.2. The van der Waals surface area contributed by atoms with E-state index in [9.17, 15) is 9.59 Å². The number of carboxylic acids is 1. The first-order valence-electron chi connectivity index (χ1n) is 7.25. The summed E-state index contributed by atoms with van der Waals surface area (Å²) in [5.41, 5.74) is 0.987. The lowest BCUT2D eigenvalue weighted by molar-refractivity contribution is -0.146. The number of carbonyl (C=O) groups excluding carboxylic acids is 1. The molecule has 0 spiro atoms. The van der Waals surface area contributed by atoms with Gasteiger partial charge < -0.3 is 14.7 Å². The number of hydrogen-bond acceptors (Lipinski definition) is 3. The first-order chi connectivity index (χ1) is 10.1. The number of carboxylic acid groups (broad SMARTS) is 1. The van der Waals surface area contributed by atoms with Crippen molar-refractivity contribution in [3.8, 4) is 0 Å². The molecule has 2 rings (SSSR count). The molecular weight excluding hydrogens is 270 g/mol. The van der Waals surface area contributed by atoms with Crippen LogP contribution in [0.3, 0.4) is 0 Å². The Morgan fingerprint density at radius 3 is 2.67 bits per heavy atom. The van der Waals surface area contributed by atoms with Gasteiger partial charge in [0, 0.05) is 19.7 Å². The average Bonchev–Trinajstić information content (AvgIpc) is 3.01. The highest BCUT2D eigenvalue weighted by molar-refractivity contribution is 5.82. The van der Waals surface area contributed by atoms with Gasteiger partial charge in [-0.05, 0) is 18.4 Å². The Balaban J connectivity index is 2.09. The average molecular weight is 291 g/mol. The van der Waals surface area contributed by atoms with Crippen LogP contribution in [-0.2, 0) is 20.9 Å². The van der Waals surface area contributed by atoms with Crippen molar-refractivity contribution in [2.75, 3.05) is 13.2 Å². The maximum Gasteiger partial charge on any atom is 0.308 e. The predicted octanol–water partition coefficient (Wildman–Crippen LogP) is 1.91. The molecule has 1 saturated heterocycles. The van der Waals surface area contributed by atoms with Gasteiger partial charge in [0.15, 0.2) is 0 Å². The summed E-state index contributed by atoms with van der Waals surface area (Å²) in [7, 11) is 0. The van der Waals surface area contributed by atoms with E-state index in [2.05, 4.69) is 0 Å². The van der Waals surface area contributed by atoms with Crippen molar-refractivity contribution in [3.05, 3.63) is 35.9 Å². The fourth-order valence-corrected chi connectivity index (χ4v) is 2.42. The van der Waals surface area contributed by atoms with Gasteiger partial charge in [0.2, 0.25) is 0 Å². The number of hydrogen-bond donors (Lipinski definition) is 1. The smallest absolute Gasteiger partial charge is 0.308 e. The molecule has 1 heterocycles. The quantitative estimate of drug-likeness (QED) is 0.869. The summed E-state index contributed by atoms with van der Waals surface area (Å²) in [5.74, 6) is -1.60. The van der Waals surface area contributed by atoms with Crippen LogP contribution in [0.2, 0.25) is 0 Å². The molecule has 1 aliphatic heterocycles. The van der Waals surface area contributed by atoms with Crippen LogP contribution in [0.5, 0.6) is 0 Å². The van der Waals surface area contributed by atoms with E-state index in [4.69, 9.17) is 9.84 Å². The zero-order valence-corrected chi connectivity index (χ0v) is 12.2. The van der Waals surface area contributed by atoms with Crippen LogP contribution in [-0.4, -0.2) is 41.1 Å². The minimum atomic E-state index is -0.895. The predicted molar refractivity (Wildman–Crippen MR) is 77.6 cm³/mol. The molecular formula is C16H21NO4. The van der Waals surface area contributed by atoms with Crippen LogP contribution < -0.4 is 0 Å². The van der Waals surface area contributed by atoms with Crippen molar-refractivity contribution in [2.24, 2.45) is 5.92 Å². The van der Waals surface area contributed by atoms with Crippen LogP contribution in [0.4, 0.5) is 0 Å². The van der Waals surface area contributed by atoms with Gasteiger partial charge in [-0.25, -0.2) is 0 Å². The standard InChI is InChI=1S/C16H21NO4/c1-12(16(19)20)10-17(11-13-6-3-2-4-7-13)15(18)14-8-5-9-21-14/h2-4,6-7,12,14H,5,8-11H2,1H3,(H,19,20)/t12-,14+/m0/s1. The second kappa shape index (κ2) is 7.22. The first kappa shape index (κ1) is 15.5. The summed E-state index contributed by atoms with van der Waals surface area (Å²) in [6, 6.07) is 9.59. The van der Waals surface area contributed by atoms with Crippen molar-refractivity contribution < 1.29 is 19.4 Å². The van der Waals surface area contributed by atoms with E-state index in [1.165, 1.54) is 0 Å². The minimum Gasteiger partial charge on any atom is -0.481 e. The van der Waals surface area contributed by atoms with Gasteiger partial charge in [0.1, 0.15) is 6.10 Å². The highest BCUT2D eigenvalue weighted by atomic mass is 16.5. The molecule has 0 saturated carbocycles. The maximum atomic E-state index is 12.5. The number of rotatable bonds is 6. The monoisotopic (exact) mass is 291 g/mol. The summed E-state index contributed by atoms with van der Waals surface area (Å²) in [6.45, 7) is 2.83. The number of carbonyl (C=O) groups is 2. The van der Waals surface area contributed by atoms with Gasteiger partial charge in [-0.1, -0.05) is 37.3 Å². The van der Waals surface area contributed by atoms with E-state index in [1.54, 1.807) is 11.8 Å². The molecule has 1 N–H and O–H groups in total. The third-order valence-corrected chi connectivity index (χ3v) is 3.65. The Hall–Kier alpha value is -1.88. The Kier molecular flexibility index (Phi) is 5.33. The van der Waals surface area contributed by atoms with Gasteiger partial charge in [0.25, 0.3) is 5.91 Å². The zero-order valence-electron chi connectivity index (χ0n) is 12.2. The molecule has 1 amide bonds. The molecule has 1 aliphatic rings. The number of aliphatic carboxylic acids is 1. The number of benzene rings is 1. The van der Waals surface area contributed by atoms with Gasteiger partial charge in [-0.15, -0.1) is 0 Å². The summed E-state index contributed by atoms with van der Waals surface area (Å²) < 4.78 is 5.44. The van der Waals surface area contributed by atoms with E-state index in [0.717, 1.165) is 12.0 Å². The third kappa shape index (κ3) is 4.29. The molecule has 1 aromatic carbocycles. The Morgan fingerprint density at radius 1 is 1.38 bits per heavy atom. The molecule has 0 radical (unpaired) electrons.